The molecule has 6 heteroatoms. The second-order valence-corrected chi connectivity index (χ2v) is 5.47. The largest absolute Gasteiger partial charge is 0.496 e. The van der Waals surface area contributed by atoms with Gasteiger partial charge >= 0.3 is 0 Å². The zero-order valence-corrected chi connectivity index (χ0v) is 9.72. The van der Waals surface area contributed by atoms with E-state index in [0.717, 1.165) is 0 Å². The predicted molar refractivity (Wildman–Crippen MR) is 56.2 cm³/mol. The van der Waals surface area contributed by atoms with E-state index in [1.807, 2.05) is 0 Å². The van der Waals surface area contributed by atoms with E-state index in [1.165, 1.54) is 13.2 Å². The molecule has 15 heavy (non-hydrogen) atoms. The van der Waals surface area contributed by atoms with Crippen molar-refractivity contribution in [1.29, 1.82) is 0 Å². The van der Waals surface area contributed by atoms with Gasteiger partial charge in [0.05, 0.1) is 17.6 Å². The van der Waals surface area contributed by atoms with Gasteiger partial charge in [-0.15, -0.1) is 0 Å². The second kappa shape index (κ2) is 4.20. The van der Waals surface area contributed by atoms with Crippen LogP contribution < -0.4 is 4.74 Å². The van der Waals surface area contributed by atoms with E-state index in [0.29, 0.717) is 11.8 Å². The van der Waals surface area contributed by atoms with Crippen LogP contribution in [0.5, 0.6) is 5.75 Å². The van der Waals surface area contributed by atoms with E-state index in [-0.39, 0.29) is 16.2 Å². The number of hydrogen-bond acceptors (Lipinski definition) is 4. The van der Waals surface area contributed by atoms with Crippen LogP contribution in [-0.2, 0) is 9.05 Å². The minimum Gasteiger partial charge on any atom is -0.496 e. The number of carbonyl (C=O) groups is 1. The van der Waals surface area contributed by atoms with E-state index < -0.39 is 9.05 Å². The Balaban J connectivity index is 3.64. The smallest absolute Gasteiger partial charge is 0.262 e. The SMILES string of the molecule is COc1cc(C)cc(S(=O)(=O)Cl)c1C=O. The molecular formula is C9H9ClO4S. The highest BCUT2D eigenvalue weighted by Gasteiger charge is 2.19. The summed E-state index contributed by atoms with van der Waals surface area (Å²) in [6.45, 7) is 1.68. The molecule has 0 spiro atoms. The number of methoxy groups -OCH3 is 1. The predicted octanol–water partition coefficient (Wildman–Crippen LogP) is 1.74. The minimum absolute atomic E-state index is 0.0573. The molecular weight excluding hydrogens is 240 g/mol. The van der Waals surface area contributed by atoms with Crippen LogP contribution in [0.25, 0.3) is 0 Å². The zero-order chi connectivity index (χ0) is 11.6. The quantitative estimate of drug-likeness (QED) is 0.604. The average molecular weight is 249 g/mol. The summed E-state index contributed by atoms with van der Waals surface area (Å²) in [7, 11) is 2.62. The number of hydrogen-bond donors (Lipinski definition) is 0. The number of halogens is 1. The molecule has 0 amide bonds. The van der Waals surface area contributed by atoms with Crippen LogP contribution in [-0.4, -0.2) is 21.8 Å². The van der Waals surface area contributed by atoms with Crippen molar-refractivity contribution in [1.82, 2.24) is 0 Å². The van der Waals surface area contributed by atoms with E-state index in [2.05, 4.69) is 0 Å². The fourth-order valence-electron chi connectivity index (χ4n) is 1.22. The molecule has 0 aliphatic rings. The van der Waals surface area contributed by atoms with Crippen LogP contribution in [0, 0.1) is 6.92 Å². The molecule has 1 aromatic rings. The Hall–Kier alpha value is -1.07. The summed E-state index contributed by atoms with van der Waals surface area (Å²) in [5.41, 5.74) is 0.592. The van der Waals surface area contributed by atoms with Crippen molar-refractivity contribution >= 4 is 26.0 Å². The van der Waals surface area contributed by atoms with Crippen molar-refractivity contribution in [3.63, 3.8) is 0 Å². The number of ether oxygens (including phenoxy) is 1. The first-order chi connectivity index (χ1) is 6.90. The van der Waals surface area contributed by atoms with Crippen molar-refractivity contribution in [2.24, 2.45) is 0 Å². The molecule has 0 saturated carbocycles. The highest BCUT2D eigenvalue weighted by atomic mass is 35.7. The topological polar surface area (TPSA) is 60.4 Å². The highest BCUT2D eigenvalue weighted by Crippen LogP contribution is 2.28. The first kappa shape index (κ1) is 12.0. The van der Waals surface area contributed by atoms with Gasteiger partial charge in [-0.3, -0.25) is 4.79 Å². The lowest BCUT2D eigenvalue weighted by Gasteiger charge is -2.08. The molecule has 0 unspecified atom stereocenters. The first-order valence-electron chi connectivity index (χ1n) is 3.98. The monoisotopic (exact) mass is 248 g/mol. The van der Waals surface area contributed by atoms with Crippen LogP contribution in [0.2, 0.25) is 0 Å². The van der Waals surface area contributed by atoms with Crippen LogP contribution in [0.1, 0.15) is 15.9 Å². The first-order valence-corrected chi connectivity index (χ1v) is 6.29. The number of carbonyl (C=O) groups excluding carboxylic acids is 1. The van der Waals surface area contributed by atoms with Gasteiger partial charge in [-0.1, -0.05) is 0 Å². The summed E-state index contributed by atoms with van der Waals surface area (Å²) in [6, 6.07) is 2.89. The van der Waals surface area contributed by atoms with Gasteiger partial charge in [0.15, 0.2) is 6.29 Å². The van der Waals surface area contributed by atoms with Gasteiger partial charge in [-0.2, -0.15) is 0 Å². The van der Waals surface area contributed by atoms with Crippen molar-refractivity contribution < 1.29 is 17.9 Å². The number of aldehydes is 1. The summed E-state index contributed by atoms with van der Waals surface area (Å²) in [6.07, 6.45) is 0.410. The molecule has 82 valence electrons. The second-order valence-electron chi connectivity index (χ2n) is 2.93. The molecule has 0 aliphatic carbocycles. The summed E-state index contributed by atoms with van der Waals surface area (Å²) in [5.74, 6) is 0.198. The summed E-state index contributed by atoms with van der Waals surface area (Å²) < 4.78 is 27.3. The van der Waals surface area contributed by atoms with Gasteiger partial charge in [0.1, 0.15) is 5.75 Å². The zero-order valence-electron chi connectivity index (χ0n) is 8.15. The Labute approximate surface area is 92.2 Å². The highest BCUT2D eigenvalue weighted by molar-refractivity contribution is 8.13. The lowest BCUT2D eigenvalue weighted by Crippen LogP contribution is -2.01. The molecule has 0 aliphatic heterocycles. The lowest BCUT2D eigenvalue weighted by molar-refractivity contribution is 0.111. The summed E-state index contributed by atoms with van der Waals surface area (Å²) in [4.78, 5) is 10.5. The molecule has 1 aromatic carbocycles. The number of benzene rings is 1. The molecule has 0 atom stereocenters. The molecule has 0 saturated heterocycles. The average Bonchev–Trinajstić information content (AvgIpc) is 2.15. The standard InChI is InChI=1S/C9H9ClO4S/c1-6-3-8(14-2)7(5-11)9(4-6)15(10,12)13/h3-5H,1-2H3. The number of rotatable bonds is 3. The number of aryl methyl sites for hydroxylation is 1. The van der Waals surface area contributed by atoms with Gasteiger partial charge < -0.3 is 4.74 Å². The molecule has 0 fully saturated rings. The van der Waals surface area contributed by atoms with E-state index in [9.17, 15) is 13.2 Å². The maximum atomic E-state index is 11.2. The summed E-state index contributed by atoms with van der Waals surface area (Å²) >= 11 is 0. The van der Waals surface area contributed by atoms with Crippen molar-refractivity contribution in [3.8, 4) is 5.75 Å². The Morgan fingerprint density at radius 1 is 1.40 bits per heavy atom. The Morgan fingerprint density at radius 2 is 2.00 bits per heavy atom. The Kier molecular flexibility index (Phi) is 3.36. The Bertz CT molecular complexity index is 493. The van der Waals surface area contributed by atoms with Gasteiger partial charge in [-0.25, -0.2) is 8.42 Å². The maximum Gasteiger partial charge on any atom is 0.262 e. The third-order valence-corrected chi connectivity index (χ3v) is 3.21. The van der Waals surface area contributed by atoms with Crippen molar-refractivity contribution in [2.75, 3.05) is 7.11 Å². The fraction of sp³-hybridized carbons (Fsp3) is 0.222. The lowest BCUT2D eigenvalue weighted by atomic mass is 10.1. The van der Waals surface area contributed by atoms with Crippen LogP contribution in [0.15, 0.2) is 17.0 Å². The third-order valence-electron chi connectivity index (χ3n) is 1.85. The summed E-state index contributed by atoms with van der Waals surface area (Å²) in [5, 5.41) is 0. The van der Waals surface area contributed by atoms with Crippen LogP contribution in [0.4, 0.5) is 0 Å². The molecule has 0 radical (unpaired) electrons. The Morgan fingerprint density at radius 3 is 2.40 bits per heavy atom. The third kappa shape index (κ3) is 2.49. The van der Waals surface area contributed by atoms with Crippen molar-refractivity contribution in [3.05, 3.63) is 23.3 Å². The molecule has 1 rings (SSSR count). The molecule has 4 nitrogen and oxygen atoms in total. The van der Waals surface area contributed by atoms with Gasteiger partial charge in [0.25, 0.3) is 9.05 Å². The molecule has 0 bridgehead atoms. The van der Waals surface area contributed by atoms with E-state index in [4.69, 9.17) is 15.4 Å². The van der Waals surface area contributed by atoms with Gasteiger partial charge in [0, 0.05) is 10.7 Å². The maximum absolute atomic E-state index is 11.2. The molecule has 0 heterocycles. The van der Waals surface area contributed by atoms with Crippen molar-refractivity contribution in [2.45, 2.75) is 11.8 Å². The minimum atomic E-state index is -3.94. The van der Waals surface area contributed by atoms with Crippen LogP contribution in [0.3, 0.4) is 0 Å². The van der Waals surface area contributed by atoms with Gasteiger partial charge in [-0.05, 0) is 24.6 Å². The normalized spacial score (nSPS) is 11.1. The van der Waals surface area contributed by atoms with Crippen LogP contribution >= 0.6 is 10.7 Å². The fourth-order valence-corrected chi connectivity index (χ4v) is 2.34. The molecule has 0 aromatic heterocycles. The van der Waals surface area contributed by atoms with E-state index in [1.54, 1.807) is 13.0 Å². The van der Waals surface area contributed by atoms with Gasteiger partial charge in [0.2, 0.25) is 0 Å². The van der Waals surface area contributed by atoms with E-state index >= 15 is 0 Å². The molecule has 0 N–H and O–H groups in total.